The van der Waals surface area contributed by atoms with Crippen molar-refractivity contribution < 1.29 is 9.72 Å². The molecule has 0 saturated carbocycles. The highest BCUT2D eigenvalue weighted by Gasteiger charge is 2.06. The lowest BCUT2D eigenvalue weighted by atomic mass is 10.1. The first kappa shape index (κ1) is 19.0. The third-order valence-corrected chi connectivity index (χ3v) is 4.52. The van der Waals surface area contributed by atoms with Crippen LogP contribution in [0.15, 0.2) is 53.6 Å². The molecule has 0 aliphatic heterocycles. The van der Waals surface area contributed by atoms with Crippen molar-refractivity contribution in [2.75, 3.05) is 5.75 Å². The van der Waals surface area contributed by atoms with Crippen LogP contribution in [0, 0.1) is 10.1 Å². The van der Waals surface area contributed by atoms with Gasteiger partial charge in [0.05, 0.1) is 16.4 Å². The summed E-state index contributed by atoms with van der Waals surface area (Å²) in [4.78, 5) is 22.0. The molecule has 0 heterocycles. The molecule has 130 valence electrons. The maximum atomic E-state index is 11.8. The monoisotopic (exact) mass is 377 g/mol. The molecule has 0 aliphatic carbocycles. The maximum Gasteiger partial charge on any atom is 0.269 e. The molecule has 8 heteroatoms. The zero-order chi connectivity index (χ0) is 18.2. The Labute approximate surface area is 154 Å². The van der Waals surface area contributed by atoms with Gasteiger partial charge in [0.2, 0.25) is 5.91 Å². The average Bonchev–Trinajstić information content (AvgIpc) is 2.61. The number of thioether (sulfide) groups is 1. The van der Waals surface area contributed by atoms with Crippen LogP contribution in [-0.2, 0) is 10.5 Å². The third-order valence-electron chi connectivity index (χ3n) is 3.26. The van der Waals surface area contributed by atoms with E-state index in [-0.39, 0.29) is 17.3 Å². The number of rotatable bonds is 7. The molecule has 0 atom stereocenters. The van der Waals surface area contributed by atoms with E-state index in [2.05, 4.69) is 10.5 Å². The van der Waals surface area contributed by atoms with E-state index < -0.39 is 4.92 Å². The lowest BCUT2D eigenvalue weighted by Crippen LogP contribution is -2.21. The molecule has 0 aromatic heterocycles. The van der Waals surface area contributed by atoms with E-state index in [4.69, 9.17) is 11.6 Å². The van der Waals surface area contributed by atoms with Crippen molar-refractivity contribution >= 4 is 40.7 Å². The second-order valence-electron chi connectivity index (χ2n) is 5.16. The second kappa shape index (κ2) is 9.19. The fraction of sp³-hybridized carbons (Fsp3) is 0.176. The largest absolute Gasteiger partial charge is 0.272 e. The quantitative estimate of drug-likeness (QED) is 0.448. The molecule has 0 spiro atoms. The topological polar surface area (TPSA) is 84.6 Å². The predicted molar refractivity (Wildman–Crippen MR) is 101 cm³/mol. The number of nitro groups is 1. The van der Waals surface area contributed by atoms with Gasteiger partial charge >= 0.3 is 0 Å². The minimum atomic E-state index is -0.462. The number of nitrogens with one attached hydrogen (secondary N) is 1. The zero-order valence-electron chi connectivity index (χ0n) is 13.4. The number of carbonyl (C=O) groups is 1. The van der Waals surface area contributed by atoms with Gasteiger partial charge in [0, 0.05) is 22.9 Å². The summed E-state index contributed by atoms with van der Waals surface area (Å²) in [5.41, 5.74) is 4.87. The van der Waals surface area contributed by atoms with Crippen molar-refractivity contribution in [2.45, 2.75) is 12.7 Å². The number of hydrogen-bond donors (Lipinski definition) is 1. The fourth-order valence-corrected chi connectivity index (χ4v) is 2.82. The Bertz CT molecular complexity index is 777. The number of hydrogen-bond acceptors (Lipinski definition) is 5. The summed E-state index contributed by atoms with van der Waals surface area (Å²) in [5, 5.41) is 15.3. The molecule has 1 amide bonds. The molecule has 0 fully saturated rings. The first-order chi connectivity index (χ1) is 12.0. The van der Waals surface area contributed by atoms with Crippen molar-refractivity contribution in [3.63, 3.8) is 0 Å². The van der Waals surface area contributed by atoms with Crippen LogP contribution < -0.4 is 5.43 Å². The van der Waals surface area contributed by atoms with E-state index >= 15 is 0 Å². The Balaban J connectivity index is 1.80. The molecule has 0 aliphatic rings. The van der Waals surface area contributed by atoms with Crippen LogP contribution in [0.5, 0.6) is 0 Å². The summed E-state index contributed by atoms with van der Waals surface area (Å²) in [7, 11) is 0. The normalized spacial score (nSPS) is 11.2. The summed E-state index contributed by atoms with van der Waals surface area (Å²) in [6, 6.07) is 13.5. The van der Waals surface area contributed by atoms with Gasteiger partial charge in [-0.15, -0.1) is 11.8 Å². The molecule has 0 unspecified atom stereocenters. The second-order valence-corrected chi connectivity index (χ2v) is 6.58. The Hall–Kier alpha value is -2.38. The van der Waals surface area contributed by atoms with Gasteiger partial charge in [-0.2, -0.15) is 5.10 Å². The summed E-state index contributed by atoms with van der Waals surface area (Å²) >= 11 is 7.30. The van der Waals surface area contributed by atoms with Crippen LogP contribution in [0.1, 0.15) is 18.1 Å². The smallest absolute Gasteiger partial charge is 0.269 e. The molecular weight excluding hydrogens is 362 g/mol. The minimum Gasteiger partial charge on any atom is -0.272 e. The third kappa shape index (κ3) is 6.21. The Kier molecular flexibility index (Phi) is 6.97. The van der Waals surface area contributed by atoms with E-state index in [1.165, 1.54) is 23.9 Å². The highest BCUT2D eigenvalue weighted by atomic mass is 35.5. The summed E-state index contributed by atoms with van der Waals surface area (Å²) in [6.45, 7) is 1.72. The molecule has 25 heavy (non-hydrogen) atoms. The standard InChI is InChI=1S/C17H16ClN3O3S/c1-12(14-4-8-16(9-5-14)21(23)24)19-20-17(22)11-25-10-13-2-6-15(18)7-3-13/h2-9H,10-11H2,1H3,(H,20,22)/b19-12-. The van der Waals surface area contributed by atoms with Gasteiger partial charge in [-0.05, 0) is 42.3 Å². The van der Waals surface area contributed by atoms with E-state index in [0.717, 1.165) is 5.56 Å². The number of amides is 1. The van der Waals surface area contributed by atoms with Gasteiger partial charge in [0.1, 0.15) is 0 Å². The van der Waals surface area contributed by atoms with E-state index in [9.17, 15) is 14.9 Å². The Morgan fingerprint density at radius 2 is 1.84 bits per heavy atom. The number of non-ortho nitro benzene ring substituents is 1. The van der Waals surface area contributed by atoms with E-state index in [1.54, 1.807) is 19.1 Å². The van der Waals surface area contributed by atoms with Crippen LogP contribution in [-0.4, -0.2) is 22.3 Å². The summed E-state index contributed by atoms with van der Waals surface area (Å²) < 4.78 is 0. The van der Waals surface area contributed by atoms with Crippen LogP contribution in [0.4, 0.5) is 5.69 Å². The maximum absolute atomic E-state index is 11.8. The van der Waals surface area contributed by atoms with Gasteiger partial charge in [-0.1, -0.05) is 23.7 Å². The highest BCUT2D eigenvalue weighted by Crippen LogP contribution is 2.15. The number of nitro benzene ring substituents is 1. The summed E-state index contributed by atoms with van der Waals surface area (Å²) in [6.07, 6.45) is 0. The molecule has 2 rings (SSSR count). The van der Waals surface area contributed by atoms with Crippen LogP contribution in [0.25, 0.3) is 0 Å². The first-order valence-corrected chi connectivity index (χ1v) is 8.89. The lowest BCUT2D eigenvalue weighted by Gasteiger charge is -2.04. The number of hydrazone groups is 1. The minimum absolute atomic E-state index is 0.0131. The molecule has 1 N–H and O–H groups in total. The Morgan fingerprint density at radius 1 is 1.20 bits per heavy atom. The zero-order valence-corrected chi connectivity index (χ0v) is 15.0. The Morgan fingerprint density at radius 3 is 2.44 bits per heavy atom. The molecule has 0 bridgehead atoms. The van der Waals surface area contributed by atoms with E-state index in [1.807, 2.05) is 24.3 Å². The number of benzene rings is 2. The molecule has 2 aromatic rings. The van der Waals surface area contributed by atoms with Gasteiger partial charge in [-0.3, -0.25) is 14.9 Å². The van der Waals surface area contributed by atoms with Crippen LogP contribution in [0.3, 0.4) is 0 Å². The molecule has 0 saturated heterocycles. The van der Waals surface area contributed by atoms with Gasteiger partial charge < -0.3 is 0 Å². The van der Waals surface area contributed by atoms with Gasteiger partial charge in [0.25, 0.3) is 5.69 Å². The van der Waals surface area contributed by atoms with Gasteiger partial charge in [-0.25, -0.2) is 5.43 Å². The number of halogens is 1. The van der Waals surface area contributed by atoms with Gasteiger partial charge in [0.15, 0.2) is 0 Å². The molecule has 0 radical (unpaired) electrons. The van der Waals surface area contributed by atoms with Crippen molar-refractivity contribution in [1.29, 1.82) is 0 Å². The SMILES string of the molecule is C/C(=N/NC(=O)CSCc1ccc(Cl)cc1)c1ccc([N+](=O)[O-])cc1. The number of nitrogens with zero attached hydrogens (tertiary/aromatic N) is 2. The molecular formula is C17H16ClN3O3S. The van der Waals surface area contributed by atoms with E-state index in [0.29, 0.717) is 22.1 Å². The van der Waals surface area contributed by atoms with Crippen LogP contribution in [0.2, 0.25) is 5.02 Å². The average molecular weight is 378 g/mol. The first-order valence-electron chi connectivity index (χ1n) is 7.36. The molecule has 2 aromatic carbocycles. The highest BCUT2D eigenvalue weighted by molar-refractivity contribution is 7.99. The van der Waals surface area contributed by atoms with Crippen molar-refractivity contribution in [3.8, 4) is 0 Å². The molecule has 6 nitrogen and oxygen atoms in total. The van der Waals surface area contributed by atoms with Crippen molar-refractivity contribution in [2.24, 2.45) is 5.10 Å². The predicted octanol–water partition coefficient (Wildman–Crippen LogP) is 4.02. The van der Waals surface area contributed by atoms with Crippen molar-refractivity contribution in [1.82, 2.24) is 5.43 Å². The van der Waals surface area contributed by atoms with Crippen molar-refractivity contribution in [3.05, 3.63) is 74.8 Å². The van der Waals surface area contributed by atoms with Crippen LogP contribution >= 0.6 is 23.4 Å². The summed E-state index contributed by atoms with van der Waals surface area (Å²) in [5.74, 6) is 0.773. The fourth-order valence-electron chi connectivity index (χ4n) is 1.91. The lowest BCUT2D eigenvalue weighted by molar-refractivity contribution is -0.384. The number of carbonyl (C=O) groups excluding carboxylic acids is 1.